The van der Waals surface area contributed by atoms with Gasteiger partial charge in [0.1, 0.15) is 11.4 Å². The van der Waals surface area contributed by atoms with Crippen LogP contribution in [0.4, 0.5) is 0 Å². The molecule has 0 atom stereocenters. The van der Waals surface area contributed by atoms with Crippen molar-refractivity contribution in [3.05, 3.63) is 90.1 Å². The van der Waals surface area contributed by atoms with Crippen LogP contribution >= 0.6 is 0 Å². The molecule has 0 amide bonds. The molecule has 2 aromatic heterocycles. The standard InChI is InChI=1S/C26H22N4O2S/c1-17-4-8-20(9-5-17)24-25(21-10-6-18(2)7-11-21)29-30-16-23(27-26(30)28-24)19-12-14-22(15-13-19)33(3,31)32/h4-16H,1-3H3. The number of aromatic nitrogens is 4. The van der Waals surface area contributed by atoms with Gasteiger partial charge in [0, 0.05) is 22.9 Å². The minimum atomic E-state index is -3.26. The van der Waals surface area contributed by atoms with Gasteiger partial charge in [-0.25, -0.2) is 22.9 Å². The second-order valence-corrected chi connectivity index (χ2v) is 10.2. The normalized spacial score (nSPS) is 11.7. The van der Waals surface area contributed by atoms with E-state index < -0.39 is 9.84 Å². The summed E-state index contributed by atoms with van der Waals surface area (Å²) < 4.78 is 25.2. The lowest BCUT2D eigenvalue weighted by Gasteiger charge is -2.09. The van der Waals surface area contributed by atoms with E-state index in [0.717, 1.165) is 28.1 Å². The van der Waals surface area contributed by atoms with Crippen LogP contribution in [0.5, 0.6) is 0 Å². The number of benzene rings is 3. The largest absolute Gasteiger partial charge is 0.251 e. The van der Waals surface area contributed by atoms with E-state index in [1.54, 1.807) is 28.8 Å². The summed E-state index contributed by atoms with van der Waals surface area (Å²) >= 11 is 0. The van der Waals surface area contributed by atoms with Crippen LogP contribution in [0.25, 0.3) is 39.5 Å². The van der Waals surface area contributed by atoms with Crippen molar-refractivity contribution in [2.45, 2.75) is 18.7 Å². The van der Waals surface area contributed by atoms with Crippen LogP contribution in [0.1, 0.15) is 11.1 Å². The molecule has 0 aliphatic carbocycles. The van der Waals surface area contributed by atoms with Crippen LogP contribution < -0.4 is 0 Å². The Bertz CT molecular complexity index is 1490. The molecule has 7 heteroatoms. The lowest BCUT2D eigenvalue weighted by atomic mass is 10.0. The Morgan fingerprint density at radius 2 is 1.18 bits per heavy atom. The van der Waals surface area contributed by atoms with Crippen LogP contribution in [0.3, 0.4) is 0 Å². The van der Waals surface area contributed by atoms with Crippen molar-refractivity contribution in [2.75, 3.05) is 6.26 Å². The molecule has 5 rings (SSSR count). The smallest absolute Gasteiger partial charge is 0.224 e. The van der Waals surface area contributed by atoms with Crippen molar-refractivity contribution in [1.29, 1.82) is 0 Å². The molecule has 2 heterocycles. The summed E-state index contributed by atoms with van der Waals surface area (Å²) in [5.74, 6) is 0.476. The van der Waals surface area contributed by atoms with Gasteiger partial charge in [0.05, 0.1) is 16.8 Å². The third-order valence-electron chi connectivity index (χ3n) is 5.54. The average Bonchev–Trinajstić information content (AvgIpc) is 3.22. The highest BCUT2D eigenvalue weighted by Gasteiger charge is 2.16. The molecule has 3 aromatic carbocycles. The average molecular weight is 455 g/mol. The van der Waals surface area contributed by atoms with Gasteiger partial charge in [0.25, 0.3) is 5.78 Å². The highest BCUT2D eigenvalue weighted by atomic mass is 32.2. The van der Waals surface area contributed by atoms with Crippen molar-refractivity contribution in [3.8, 4) is 33.8 Å². The number of hydrogen-bond acceptors (Lipinski definition) is 5. The number of rotatable bonds is 4. The fraction of sp³-hybridized carbons (Fsp3) is 0.115. The first-order valence-corrected chi connectivity index (χ1v) is 12.4. The topological polar surface area (TPSA) is 77.2 Å². The van der Waals surface area contributed by atoms with Crippen molar-refractivity contribution in [2.24, 2.45) is 0 Å². The Morgan fingerprint density at radius 3 is 1.73 bits per heavy atom. The molecule has 0 N–H and O–H groups in total. The molecule has 164 valence electrons. The van der Waals surface area contributed by atoms with E-state index in [1.807, 2.05) is 30.5 Å². The van der Waals surface area contributed by atoms with E-state index in [0.29, 0.717) is 11.5 Å². The van der Waals surface area contributed by atoms with Crippen LogP contribution in [0, 0.1) is 13.8 Å². The van der Waals surface area contributed by atoms with Crippen LogP contribution in [-0.4, -0.2) is 34.3 Å². The van der Waals surface area contributed by atoms with Gasteiger partial charge in [0.2, 0.25) is 0 Å². The van der Waals surface area contributed by atoms with E-state index in [-0.39, 0.29) is 4.90 Å². The Labute approximate surface area is 192 Å². The maximum atomic E-state index is 11.8. The van der Waals surface area contributed by atoms with Gasteiger partial charge >= 0.3 is 0 Å². The summed E-state index contributed by atoms with van der Waals surface area (Å²) in [6.45, 7) is 4.10. The molecule has 0 spiro atoms. The molecular weight excluding hydrogens is 432 g/mol. The van der Waals surface area contributed by atoms with E-state index in [4.69, 9.17) is 10.1 Å². The third kappa shape index (κ3) is 4.15. The highest BCUT2D eigenvalue weighted by molar-refractivity contribution is 7.90. The van der Waals surface area contributed by atoms with Crippen LogP contribution in [-0.2, 0) is 9.84 Å². The fourth-order valence-corrected chi connectivity index (χ4v) is 4.28. The van der Waals surface area contributed by atoms with Gasteiger partial charge in [-0.2, -0.15) is 5.10 Å². The molecule has 0 radical (unpaired) electrons. The predicted octanol–water partition coefficient (Wildman–Crippen LogP) is 5.15. The van der Waals surface area contributed by atoms with E-state index in [9.17, 15) is 8.42 Å². The maximum absolute atomic E-state index is 11.8. The predicted molar refractivity (Wildman–Crippen MR) is 130 cm³/mol. The third-order valence-corrected chi connectivity index (χ3v) is 6.67. The number of hydrogen-bond donors (Lipinski definition) is 0. The van der Waals surface area contributed by atoms with Crippen molar-refractivity contribution in [3.63, 3.8) is 0 Å². The second-order valence-electron chi connectivity index (χ2n) is 8.21. The first-order chi connectivity index (χ1) is 15.8. The Morgan fingerprint density at radius 1 is 0.667 bits per heavy atom. The van der Waals surface area contributed by atoms with Crippen molar-refractivity contribution >= 4 is 15.6 Å². The molecule has 0 fully saturated rings. The van der Waals surface area contributed by atoms with Crippen molar-refractivity contribution in [1.82, 2.24) is 19.6 Å². The first kappa shape index (κ1) is 21.0. The van der Waals surface area contributed by atoms with Gasteiger partial charge in [-0.05, 0) is 26.0 Å². The zero-order chi connectivity index (χ0) is 23.2. The number of imidazole rings is 1. The van der Waals surface area contributed by atoms with E-state index >= 15 is 0 Å². The Balaban J connectivity index is 1.67. The number of aryl methyl sites for hydroxylation is 2. The molecule has 6 nitrogen and oxygen atoms in total. The lowest BCUT2D eigenvalue weighted by Crippen LogP contribution is -2.01. The van der Waals surface area contributed by atoms with Gasteiger partial charge in [-0.3, -0.25) is 0 Å². The van der Waals surface area contributed by atoms with Crippen LogP contribution in [0.2, 0.25) is 0 Å². The molecule has 0 bridgehead atoms. The maximum Gasteiger partial charge on any atom is 0.251 e. The molecule has 0 aliphatic rings. The number of nitrogens with zero attached hydrogens (tertiary/aromatic N) is 4. The summed E-state index contributed by atoms with van der Waals surface area (Å²) in [6.07, 6.45) is 3.01. The Kier molecular flexibility index (Phi) is 5.06. The van der Waals surface area contributed by atoms with Crippen molar-refractivity contribution < 1.29 is 8.42 Å². The number of sulfone groups is 1. The second kappa shape index (κ2) is 7.94. The first-order valence-electron chi connectivity index (χ1n) is 10.5. The zero-order valence-electron chi connectivity index (χ0n) is 18.5. The SMILES string of the molecule is Cc1ccc(-c2nc3nc(-c4ccc(S(C)(=O)=O)cc4)cn3nc2-c2ccc(C)cc2)cc1. The Hall–Kier alpha value is -3.84. The summed E-state index contributed by atoms with van der Waals surface area (Å²) in [5.41, 5.74) is 7.28. The lowest BCUT2D eigenvalue weighted by molar-refractivity contribution is 0.602. The highest BCUT2D eigenvalue weighted by Crippen LogP contribution is 2.30. The van der Waals surface area contributed by atoms with Gasteiger partial charge in [0.15, 0.2) is 9.84 Å². The minimum Gasteiger partial charge on any atom is -0.224 e. The monoisotopic (exact) mass is 454 g/mol. The summed E-state index contributed by atoms with van der Waals surface area (Å²) in [7, 11) is -3.26. The minimum absolute atomic E-state index is 0.273. The quantitative estimate of drug-likeness (QED) is 0.376. The zero-order valence-corrected chi connectivity index (χ0v) is 19.3. The summed E-state index contributed by atoms with van der Waals surface area (Å²) in [4.78, 5) is 9.81. The van der Waals surface area contributed by atoms with Gasteiger partial charge in [-0.1, -0.05) is 71.8 Å². The van der Waals surface area contributed by atoms with Crippen LogP contribution in [0.15, 0.2) is 83.9 Å². The molecule has 33 heavy (non-hydrogen) atoms. The molecular formula is C26H22N4O2S. The summed E-state index contributed by atoms with van der Waals surface area (Å²) in [6, 6.07) is 23.1. The fourth-order valence-electron chi connectivity index (χ4n) is 3.65. The molecule has 0 saturated heterocycles. The van der Waals surface area contributed by atoms with E-state index in [2.05, 4.69) is 43.1 Å². The molecule has 5 aromatic rings. The number of fused-ring (bicyclic) bond motifs is 1. The van der Waals surface area contributed by atoms with Gasteiger partial charge in [-0.15, -0.1) is 0 Å². The molecule has 0 unspecified atom stereocenters. The summed E-state index contributed by atoms with van der Waals surface area (Å²) in [5, 5.41) is 4.87. The van der Waals surface area contributed by atoms with E-state index in [1.165, 1.54) is 17.4 Å². The van der Waals surface area contributed by atoms with Gasteiger partial charge < -0.3 is 0 Å². The molecule has 0 saturated carbocycles. The molecule has 0 aliphatic heterocycles.